The van der Waals surface area contributed by atoms with Gasteiger partial charge in [0.15, 0.2) is 5.69 Å². The SMILES string of the molecule is Cc1[nH]nc(C(N)=O)c1-c1ccccc1N. The molecule has 1 heterocycles. The van der Waals surface area contributed by atoms with Gasteiger partial charge >= 0.3 is 0 Å². The van der Waals surface area contributed by atoms with Crippen LogP contribution in [0.15, 0.2) is 24.3 Å². The smallest absolute Gasteiger partial charge is 0.269 e. The van der Waals surface area contributed by atoms with Crippen LogP contribution in [-0.2, 0) is 0 Å². The van der Waals surface area contributed by atoms with Gasteiger partial charge in [0, 0.05) is 22.5 Å². The Hall–Kier alpha value is -2.30. The number of hydrogen-bond donors (Lipinski definition) is 3. The molecule has 1 amide bonds. The van der Waals surface area contributed by atoms with Crippen LogP contribution < -0.4 is 11.5 Å². The van der Waals surface area contributed by atoms with Crippen LogP contribution in [0.4, 0.5) is 5.69 Å². The van der Waals surface area contributed by atoms with Crippen LogP contribution in [0.2, 0.25) is 0 Å². The summed E-state index contributed by atoms with van der Waals surface area (Å²) in [5.74, 6) is -0.567. The fraction of sp³-hybridized carbons (Fsp3) is 0.0909. The van der Waals surface area contributed by atoms with E-state index in [9.17, 15) is 4.79 Å². The third kappa shape index (κ3) is 1.52. The minimum atomic E-state index is -0.567. The molecule has 0 saturated heterocycles. The summed E-state index contributed by atoms with van der Waals surface area (Å²) in [5.41, 5.74) is 14.1. The number of aromatic nitrogens is 2. The highest BCUT2D eigenvalue weighted by Crippen LogP contribution is 2.29. The third-order valence-corrected chi connectivity index (χ3v) is 2.41. The largest absolute Gasteiger partial charge is 0.398 e. The van der Waals surface area contributed by atoms with E-state index in [4.69, 9.17) is 11.5 Å². The second kappa shape index (κ2) is 3.69. The standard InChI is InChI=1S/C11H12N4O/c1-6-9(10(11(13)16)15-14-6)7-4-2-3-5-8(7)12/h2-5H,12H2,1H3,(H2,13,16)(H,14,15). The van der Waals surface area contributed by atoms with Crippen LogP contribution in [0, 0.1) is 6.92 Å². The quantitative estimate of drug-likeness (QED) is 0.655. The summed E-state index contributed by atoms with van der Waals surface area (Å²) in [6.45, 7) is 1.82. The molecular weight excluding hydrogens is 204 g/mol. The molecule has 0 aliphatic rings. The number of amides is 1. The lowest BCUT2D eigenvalue weighted by molar-refractivity contribution is 0.0996. The molecule has 0 fully saturated rings. The summed E-state index contributed by atoms with van der Waals surface area (Å²) in [6, 6.07) is 7.28. The Morgan fingerprint density at radius 1 is 1.38 bits per heavy atom. The van der Waals surface area contributed by atoms with Gasteiger partial charge in [-0.1, -0.05) is 18.2 Å². The Labute approximate surface area is 92.5 Å². The summed E-state index contributed by atoms with van der Waals surface area (Å²) in [4.78, 5) is 11.2. The van der Waals surface area contributed by atoms with E-state index >= 15 is 0 Å². The fourth-order valence-corrected chi connectivity index (χ4v) is 1.66. The van der Waals surface area contributed by atoms with Gasteiger partial charge in [-0.2, -0.15) is 5.10 Å². The second-order valence-electron chi connectivity index (χ2n) is 3.52. The summed E-state index contributed by atoms with van der Waals surface area (Å²) in [5, 5.41) is 6.62. The number of para-hydroxylation sites is 1. The van der Waals surface area contributed by atoms with Crippen molar-refractivity contribution in [3.05, 3.63) is 35.7 Å². The first-order valence-electron chi connectivity index (χ1n) is 4.81. The molecule has 0 unspecified atom stereocenters. The average molecular weight is 216 g/mol. The van der Waals surface area contributed by atoms with E-state index in [1.54, 1.807) is 6.07 Å². The number of anilines is 1. The van der Waals surface area contributed by atoms with Crippen LogP contribution >= 0.6 is 0 Å². The van der Waals surface area contributed by atoms with Gasteiger partial charge in [-0.25, -0.2) is 0 Å². The average Bonchev–Trinajstić information content (AvgIpc) is 2.61. The van der Waals surface area contributed by atoms with E-state index < -0.39 is 5.91 Å². The van der Waals surface area contributed by atoms with Gasteiger partial charge in [-0.15, -0.1) is 0 Å². The molecule has 0 atom stereocenters. The predicted octanol–water partition coefficient (Wildman–Crippen LogP) is 1.07. The third-order valence-electron chi connectivity index (χ3n) is 2.41. The van der Waals surface area contributed by atoms with E-state index in [0.29, 0.717) is 11.3 Å². The number of primary amides is 1. The first-order chi connectivity index (χ1) is 7.61. The number of carbonyl (C=O) groups excluding carboxylic acids is 1. The van der Waals surface area contributed by atoms with Gasteiger partial charge in [-0.3, -0.25) is 9.89 Å². The van der Waals surface area contributed by atoms with Gasteiger partial charge < -0.3 is 11.5 Å². The molecule has 5 heteroatoms. The van der Waals surface area contributed by atoms with Crippen LogP contribution in [0.5, 0.6) is 0 Å². The number of hydrogen-bond acceptors (Lipinski definition) is 3. The highest BCUT2D eigenvalue weighted by atomic mass is 16.1. The van der Waals surface area contributed by atoms with Gasteiger partial charge in [0.1, 0.15) is 0 Å². The molecule has 1 aromatic carbocycles. The molecule has 16 heavy (non-hydrogen) atoms. The van der Waals surface area contributed by atoms with Crippen molar-refractivity contribution in [2.45, 2.75) is 6.92 Å². The summed E-state index contributed by atoms with van der Waals surface area (Å²) in [7, 11) is 0. The molecule has 1 aromatic heterocycles. The lowest BCUT2D eigenvalue weighted by atomic mass is 10.0. The van der Waals surface area contributed by atoms with Crippen LogP contribution in [0.1, 0.15) is 16.2 Å². The lowest BCUT2D eigenvalue weighted by Crippen LogP contribution is -2.13. The Morgan fingerprint density at radius 3 is 2.69 bits per heavy atom. The van der Waals surface area contributed by atoms with Gasteiger partial charge in [0.2, 0.25) is 0 Å². The van der Waals surface area contributed by atoms with Crippen molar-refractivity contribution < 1.29 is 4.79 Å². The zero-order valence-corrected chi connectivity index (χ0v) is 8.82. The Balaban J connectivity index is 2.68. The van der Waals surface area contributed by atoms with Crippen molar-refractivity contribution in [1.29, 1.82) is 0 Å². The summed E-state index contributed by atoms with van der Waals surface area (Å²) < 4.78 is 0. The van der Waals surface area contributed by atoms with Crippen LogP contribution in [0.25, 0.3) is 11.1 Å². The molecule has 0 spiro atoms. The Bertz CT molecular complexity index is 545. The van der Waals surface area contributed by atoms with Gasteiger partial charge in [-0.05, 0) is 13.0 Å². The minimum Gasteiger partial charge on any atom is -0.398 e. The van der Waals surface area contributed by atoms with E-state index in [-0.39, 0.29) is 5.69 Å². The molecule has 0 aliphatic carbocycles. The topological polar surface area (TPSA) is 97.8 Å². The van der Waals surface area contributed by atoms with Gasteiger partial charge in [0.05, 0.1) is 0 Å². The first kappa shape index (κ1) is 10.2. The fourth-order valence-electron chi connectivity index (χ4n) is 1.66. The Morgan fingerprint density at radius 2 is 2.06 bits per heavy atom. The van der Waals surface area contributed by atoms with Crippen LogP contribution in [0.3, 0.4) is 0 Å². The normalized spacial score (nSPS) is 10.3. The number of rotatable bonds is 2. The van der Waals surface area contributed by atoms with Crippen molar-refractivity contribution in [3.63, 3.8) is 0 Å². The zero-order valence-electron chi connectivity index (χ0n) is 8.82. The maximum Gasteiger partial charge on any atom is 0.269 e. The maximum atomic E-state index is 11.2. The highest BCUT2D eigenvalue weighted by Gasteiger charge is 2.17. The molecule has 2 aromatic rings. The highest BCUT2D eigenvalue weighted by molar-refractivity contribution is 6.00. The second-order valence-corrected chi connectivity index (χ2v) is 3.52. The number of nitrogens with zero attached hydrogens (tertiary/aromatic N) is 1. The van der Waals surface area contributed by atoms with Crippen molar-refractivity contribution in [2.75, 3.05) is 5.73 Å². The minimum absolute atomic E-state index is 0.218. The molecule has 2 rings (SSSR count). The number of H-pyrrole nitrogens is 1. The number of aryl methyl sites for hydroxylation is 1. The number of aromatic amines is 1. The lowest BCUT2D eigenvalue weighted by Gasteiger charge is -2.05. The van der Waals surface area contributed by atoms with E-state index in [1.807, 2.05) is 25.1 Å². The molecule has 0 saturated carbocycles. The van der Waals surface area contributed by atoms with Crippen molar-refractivity contribution in [1.82, 2.24) is 10.2 Å². The number of nitrogens with two attached hydrogens (primary N) is 2. The van der Waals surface area contributed by atoms with E-state index in [2.05, 4.69) is 10.2 Å². The zero-order chi connectivity index (χ0) is 11.7. The molecule has 0 radical (unpaired) electrons. The predicted molar refractivity (Wildman–Crippen MR) is 61.7 cm³/mol. The van der Waals surface area contributed by atoms with Crippen molar-refractivity contribution >= 4 is 11.6 Å². The van der Waals surface area contributed by atoms with Crippen molar-refractivity contribution in [2.24, 2.45) is 5.73 Å². The molecular formula is C11H12N4O. The summed E-state index contributed by atoms with van der Waals surface area (Å²) >= 11 is 0. The van der Waals surface area contributed by atoms with Crippen molar-refractivity contribution in [3.8, 4) is 11.1 Å². The molecule has 5 nitrogen and oxygen atoms in total. The molecule has 5 N–H and O–H groups in total. The van der Waals surface area contributed by atoms with E-state index in [1.165, 1.54) is 0 Å². The first-order valence-corrected chi connectivity index (χ1v) is 4.81. The van der Waals surface area contributed by atoms with Gasteiger partial charge in [0.25, 0.3) is 5.91 Å². The molecule has 0 aliphatic heterocycles. The number of nitrogens with one attached hydrogen (secondary N) is 1. The number of benzene rings is 1. The van der Waals surface area contributed by atoms with Crippen LogP contribution in [-0.4, -0.2) is 16.1 Å². The molecule has 0 bridgehead atoms. The van der Waals surface area contributed by atoms with E-state index in [0.717, 1.165) is 11.3 Å². The summed E-state index contributed by atoms with van der Waals surface area (Å²) in [6.07, 6.45) is 0. The maximum absolute atomic E-state index is 11.2. The number of carbonyl (C=O) groups is 1. The monoisotopic (exact) mass is 216 g/mol. The number of nitrogen functional groups attached to an aromatic ring is 1. The molecule has 82 valence electrons. The Kier molecular flexibility index (Phi) is 2.36.